The number of carboxylic acids is 1. The molecule has 2 unspecified atom stereocenters. The second-order valence-electron chi connectivity index (χ2n) is 6.26. The first-order chi connectivity index (χ1) is 12.2. The lowest BCUT2D eigenvalue weighted by Gasteiger charge is -2.29. The summed E-state index contributed by atoms with van der Waals surface area (Å²) in [6.07, 6.45) is 0.920. The first kappa shape index (κ1) is 17.5. The summed E-state index contributed by atoms with van der Waals surface area (Å²) in [6, 6.07) is 9.84. The number of carbonyl (C=O) groups is 1. The lowest BCUT2D eigenvalue weighted by atomic mass is 10.0. The van der Waals surface area contributed by atoms with Crippen molar-refractivity contribution in [3.8, 4) is 0 Å². The normalized spacial score (nSPS) is 20.2. The van der Waals surface area contributed by atoms with E-state index in [1.807, 2.05) is 30.3 Å². The largest absolute Gasteiger partial charge is 0.481 e. The van der Waals surface area contributed by atoms with Crippen LogP contribution in [0, 0.1) is 5.92 Å². The monoisotopic (exact) mass is 345 g/mol. The van der Waals surface area contributed by atoms with Gasteiger partial charge in [0.25, 0.3) is 0 Å². The summed E-state index contributed by atoms with van der Waals surface area (Å²) in [5.74, 6) is -0.592. The average molecular weight is 345 g/mol. The first-order valence-electron chi connectivity index (χ1n) is 8.52. The number of hydrogen-bond donors (Lipinski definition) is 1. The number of rotatable bonds is 8. The molecule has 0 aliphatic carbocycles. The summed E-state index contributed by atoms with van der Waals surface area (Å²) in [7, 11) is 0. The van der Waals surface area contributed by atoms with E-state index in [0.29, 0.717) is 19.7 Å². The van der Waals surface area contributed by atoms with Gasteiger partial charge in [0.05, 0.1) is 32.2 Å². The maximum Gasteiger partial charge on any atom is 0.310 e. The van der Waals surface area contributed by atoms with E-state index in [0.717, 1.165) is 24.4 Å². The Morgan fingerprint density at radius 3 is 2.88 bits per heavy atom. The molecule has 0 bridgehead atoms. The minimum absolute atomic E-state index is 0.153. The molecule has 25 heavy (non-hydrogen) atoms. The van der Waals surface area contributed by atoms with Gasteiger partial charge in [-0.1, -0.05) is 37.3 Å². The molecule has 0 spiro atoms. The molecule has 1 N–H and O–H groups in total. The van der Waals surface area contributed by atoms with Gasteiger partial charge in [-0.15, -0.1) is 5.10 Å². The number of benzene rings is 1. The van der Waals surface area contributed by atoms with Crippen LogP contribution in [0.15, 0.2) is 30.3 Å². The molecule has 134 valence electrons. The fourth-order valence-corrected chi connectivity index (χ4v) is 3.19. The molecule has 0 radical (unpaired) electrons. The summed E-state index contributed by atoms with van der Waals surface area (Å²) in [5.41, 5.74) is 1.12. The van der Waals surface area contributed by atoms with Gasteiger partial charge in [-0.3, -0.25) is 9.69 Å². The molecular formula is C17H23N5O3. The summed E-state index contributed by atoms with van der Waals surface area (Å²) in [4.78, 5) is 13.6. The molecule has 1 aliphatic rings. The quantitative estimate of drug-likeness (QED) is 0.764. The Kier molecular flexibility index (Phi) is 5.72. The van der Waals surface area contributed by atoms with Crippen LogP contribution in [0.3, 0.4) is 0 Å². The van der Waals surface area contributed by atoms with Crippen LogP contribution in [0.5, 0.6) is 0 Å². The summed E-state index contributed by atoms with van der Waals surface area (Å²) >= 11 is 0. The smallest absolute Gasteiger partial charge is 0.310 e. The van der Waals surface area contributed by atoms with E-state index in [4.69, 9.17) is 4.74 Å². The highest BCUT2D eigenvalue weighted by molar-refractivity contribution is 5.71. The number of hydrogen-bond acceptors (Lipinski definition) is 6. The van der Waals surface area contributed by atoms with Crippen LogP contribution < -0.4 is 0 Å². The average Bonchev–Trinajstić information content (AvgIpc) is 3.25. The van der Waals surface area contributed by atoms with Crippen molar-refractivity contribution in [1.82, 2.24) is 25.1 Å². The molecule has 1 aromatic heterocycles. The van der Waals surface area contributed by atoms with Crippen molar-refractivity contribution >= 4 is 5.97 Å². The molecule has 2 heterocycles. The summed E-state index contributed by atoms with van der Waals surface area (Å²) < 4.78 is 7.19. The molecule has 2 aromatic rings. The van der Waals surface area contributed by atoms with E-state index in [1.54, 1.807) is 4.68 Å². The second-order valence-corrected chi connectivity index (χ2v) is 6.26. The Labute approximate surface area is 146 Å². The van der Waals surface area contributed by atoms with E-state index in [2.05, 4.69) is 27.3 Å². The number of tetrazole rings is 1. The number of carboxylic acid groups (broad SMARTS) is 1. The van der Waals surface area contributed by atoms with Crippen molar-refractivity contribution in [2.24, 2.45) is 5.92 Å². The highest BCUT2D eigenvalue weighted by Gasteiger charge is 2.38. The molecule has 1 fully saturated rings. The Morgan fingerprint density at radius 1 is 1.36 bits per heavy atom. The van der Waals surface area contributed by atoms with Gasteiger partial charge in [0.15, 0.2) is 5.82 Å². The van der Waals surface area contributed by atoms with E-state index in [-0.39, 0.29) is 12.6 Å². The predicted octanol–water partition coefficient (Wildman–Crippen LogP) is 1.03. The molecule has 8 heteroatoms. The highest BCUT2D eigenvalue weighted by Crippen LogP contribution is 2.22. The third-order valence-corrected chi connectivity index (χ3v) is 4.47. The molecule has 8 nitrogen and oxygen atoms in total. The van der Waals surface area contributed by atoms with Gasteiger partial charge in [0, 0.05) is 6.04 Å². The molecule has 3 rings (SSSR count). The molecule has 2 atom stereocenters. The minimum Gasteiger partial charge on any atom is -0.481 e. The fraction of sp³-hybridized carbons (Fsp3) is 0.529. The fourth-order valence-electron chi connectivity index (χ4n) is 3.19. The SMILES string of the molecule is CCCN(Cc1nnnn1Cc1ccccc1)C1COCC1C(=O)O. The van der Waals surface area contributed by atoms with E-state index >= 15 is 0 Å². The Balaban J connectivity index is 1.75. The standard InChI is InChI=1S/C17H23N5O3/c1-2-8-21(15-12-25-11-14(15)17(23)24)10-16-18-19-20-22(16)9-13-6-4-3-5-7-13/h3-7,14-15H,2,8-12H2,1H3,(H,23,24). The summed E-state index contributed by atoms with van der Waals surface area (Å²) in [5, 5.41) is 21.5. The van der Waals surface area contributed by atoms with Crippen LogP contribution in [-0.4, -0.2) is 62.0 Å². The molecule has 1 saturated heterocycles. The van der Waals surface area contributed by atoms with Gasteiger partial charge in [0.1, 0.15) is 0 Å². The van der Waals surface area contributed by atoms with Crippen LogP contribution >= 0.6 is 0 Å². The second kappa shape index (κ2) is 8.17. The van der Waals surface area contributed by atoms with E-state index in [1.165, 1.54) is 0 Å². The topological polar surface area (TPSA) is 93.4 Å². The van der Waals surface area contributed by atoms with Crippen LogP contribution in [0.1, 0.15) is 24.7 Å². The zero-order valence-corrected chi connectivity index (χ0v) is 14.3. The summed E-state index contributed by atoms with van der Waals surface area (Å²) in [6.45, 7) is 4.63. The highest BCUT2D eigenvalue weighted by atomic mass is 16.5. The third-order valence-electron chi connectivity index (χ3n) is 4.47. The molecule has 1 aromatic carbocycles. The van der Waals surface area contributed by atoms with Gasteiger partial charge in [-0.2, -0.15) is 0 Å². The molecule has 0 saturated carbocycles. The van der Waals surface area contributed by atoms with E-state index < -0.39 is 11.9 Å². The number of aliphatic carboxylic acids is 1. The van der Waals surface area contributed by atoms with Crippen molar-refractivity contribution in [3.63, 3.8) is 0 Å². The zero-order chi connectivity index (χ0) is 17.6. The lowest BCUT2D eigenvalue weighted by Crippen LogP contribution is -2.43. The Morgan fingerprint density at radius 2 is 2.16 bits per heavy atom. The number of ether oxygens (including phenoxy) is 1. The maximum absolute atomic E-state index is 11.5. The van der Waals surface area contributed by atoms with Crippen LogP contribution in [-0.2, 0) is 22.6 Å². The lowest BCUT2D eigenvalue weighted by molar-refractivity contribution is -0.143. The van der Waals surface area contributed by atoms with Gasteiger partial charge >= 0.3 is 5.97 Å². The predicted molar refractivity (Wildman–Crippen MR) is 89.8 cm³/mol. The third kappa shape index (κ3) is 4.21. The first-order valence-corrected chi connectivity index (χ1v) is 8.52. The van der Waals surface area contributed by atoms with Gasteiger partial charge in [-0.05, 0) is 29.0 Å². The molecule has 0 amide bonds. The van der Waals surface area contributed by atoms with Crippen molar-refractivity contribution in [3.05, 3.63) is 41.7 Å². The van der Waals surface area contributed by atoms with Crippen molar-refractivity contribution < 1.29 is 14.6 Å². The number of aromatic nitrogens is 4. The maximum atomic E-state index is 11.5. The van der Waals surface area contributed by atoms with Crippen molar-refractivity contribution in [2.45, 2.75) is 32.5 Å². The Bertz CT molecular complexity index is 691. The van der Waals surface area contributed by atoms with Crippen molar-refractivity contribution in [1.29, 1.82) is 0 Å². The van der Waals surface area contributed by atoms with Crippen molar-refractivity contribution in [2.75, 3.05) is 19.8 Å². The minimum atomic E-state index is -0.813. The molecular weight excluding hydrogens is 322 g/mol. The van der Waals surface area contributed by atoms with Gasteiger partial charge in [0.2, 0.25) is 0 Å². The van der Waals surface area contributed by atoms with Crippen LogP contribution in [0.4, 0.5) is 0 Å². The van der Waals surface area contributed by atoms with Crippen LogP contribution in [0.2, 0.25) is 0 Å². The van der Waals surface area contributed by atoms with Gasteiger partial charge in [-0.25, -0.2) is 4.68 Å². The van der Waals surface area contributed by atoms with Gasteiger partial charge < -0.3 is 9.84 Å². The zero-order valence-electron chi connectivity index (χ0n) is 14.3. The van der Waals surface area contributed by atoms with E-state index in [9.17, 15) is 9.90 Å². The Hall–Kier alpha value is -2.32. The van der Waals surface area contributed by atoms with Crippen LogP contribution in [0.25, 0.3) is 0 Å². The molecule has 1 aliphatic heterocycles. The number of nitrogens with zero attached hydrogens (tertiary/aromatic N) is 5.